The molecule has 0 heterocycles. The topological polar surface area (TPSA) is 69.7 Å². The zero-order valence-corrected chi connectivity index (χ0v) is 11.4. The number of rotatable bonds is 5. The van der Waals surface area contributed by atoms with Gasteiger partial charge in [0.2, 0.25) is 0 Å². The van der Waals surface area contributed by atoms with E-state index in [4.69, 9.17) is 4.74 Å². The fourth-order valence-corrected chi connectivity index (χ4v) is 2.39. The Morgan fingerprint density at radius 1 is 1.00 bits per heavy atom. The lowest BCUT2D eigenvalue weighted by Gasteiger charge is -2.00. The first-order chi connectivity index (χ1) is 9.61. The van der Waals surface area contributed by atoms with Gasteiger partial charge in [-0.3, -0.25) is 14.4 Å². The van der Waals surface area contributed by atoms with Crippen molar-refractivity contribution in [2.45, 2.75) is 6.92 Å². The lowest BCUT2D eigenvalue weighted by Crippen LogP contribution is -2.12. The number of carbonyl (C=O) groups is 3. The first-order valence-corrected chi connectivity index (χ1v) is 6.45. The van der Waals surface area contributed by atoms with Crippen molar-refractivity contribution < 1.29 is 23.9 Å². The van der Waals surface area contributed by atoms with Gasteiger partial charge < -0.3 is 9.47 Å². The number of ether oxygens (including phenoxy) is 2. The highest BCUT2D eigenvalue weighted by atomic mass is 16.5. The van der Waals surface area contributed by atoms with Gasteiger partial charge in [0.05, 0.1) is 31.5 Å². The molecule has 1 saturated carbocycles. The summed E-state index contributed by atoms with van der Waals surface area (Å²) in [6.07, 6.45) is 0. The van der Waals surface area contributed by atoms with Gasteiger partial charge in [0.1, 0.15) is 0 Å². The van der Waals surface area contributed by atoms with Crippen molar-refractivity contribution in [1.82, 2.24) is 0 Å². The van der Waals surface area contributed by atoms with E-state index in [1.54, 1.807) is 37.3 Å². The van der Waals surface area contributed by atoms with E-state index >= 15 is 0 Å². The van der Waals surface area contributed by atoms with Gasteiger partial charge >= 0.3 is 11.9 Å². The van der Waals surface area contributed by atoms with Gasteiger partial charge in [-0.15, -0.1) is 0 Å². The van der Waals surface area contributed by atoms with E-state index in [1.807, 2.05) is 0 Å². The lowest BCUT2D eigenvalue weighted by atomic mass is 10.1. The predicted molar refractivity (Wildman–Crippen MR) is 69.9 cm³/mol. The summed E-state index contributed by atoms with van der Waals surface area (Å²) in [5, 5.41) is 0. The van der Waals surface area contributed by atoms with Crippen LogP contribution in [-0.2, 0) is 19.1 Å². The molecule has 0 radical (unpaired) electrons. The molecule has 0 aliphatic heterocycles. The van der Waals surface area contributed by atoms with Crippen molar-refractivity contribution in [2.75, 3.05) is 13.7 Å². The first-order valence-electron chi connectivity index (χ1n) is 6.45. The summed E-state index contributed by atoms with van der Waals surface area (Å²) in [4.78, 5) is 35.8. The lowest BCUT2D eigenvalue weighted by molar-refractivity contribution is -0.149. The van der Waals surface area contributed by atoms with Crippen molar-refractivity contribution in [3.63, 3.8) is 0 Å². The van der Waals surface area contributed by atoms with Gasteiger partial charge in [-0.05, 0) is 6.92 Å². The summed E-state index contributed by atoms with van der Waals surface area (Å²) >= 11 is 0. The fraction of sp³-hybridized carbons (Fsp3) is 0.400. The zero-order valence-electron chi connectivity index (χ0n) is 11.4. The van der Waals surface area contributed by atoms with E-state index in [-0.39, 0.29) is 12.4 Å². The van der Waals surface area contributed by atoms with Crippen LogP contribution >= 0.6 is 0 Å². The average molecular weight is 276 g/mol. The van der Waals surface area contributed by atoms with E-state index in [1.165, 1.54) is 7.11 Å². The van der Waals surface area contributed by atoms with Gasteiger partial charge in [0.25, 0.3) is 0 Å². The molecule has 106 valence electrons. The van der Waals surface area contributed by atoms with Crippen molar-refractivity contribution >= 4 is 17.7 Å². The van der Waals surface area contributed by atoms with E-state index in [9.17, 15) is 14.4 Å². The molecule has 0 aromatic heterocycles. The van der Waals surface area contributed by atoms with Gasteiger partial charge in [0.15, 0.2) is 5.78 Å². The Hall–Kier alpha value is -2.17. The third-order valence-electron chi connectivity index (χ3n) is 3.41. The monoisotopic (exact) mass is 276 g/mol. The molecule has 5 heteroatoms. The van der Waals surface area contributed by atoms with Crippen LogP contribution in [0.4, 0.5) is 0 Å². The summed E-state index contributed by atoms with van der Waals surface area (Å²) in [5.41, 5.74) is 0.484. The quantitative estimate of drug-likeness (QED) is 0.601. The van der Waals surface area contributed by atoms with Crippen LogP contribution in [0.3, 0.4) is 0 Å². The first kappa shape index (κ1) is 14.2. The molecule has 0 amide bonds. The number of hydrogen-bond acceptors (Lipinski definition) is 5. The van der Waals surface area contributed by atoms with E-state index < -0.39 is 29.7 Å². The largest absolute Gasteiger partial charge is 0.469 e. The van der Waals surface area contributed by atoms with Crippen LogP contribution in [0.25, 0.3) is 0 Å². The number of Topliss-reactive ketones (excluding diaryl/α,β-unsaturated/α-hetero) is 1. The normalized spacial score (nSPS) is 23.8. The minimum atomic E-state index is -0.730. The minimum absolute atomic E-state index is 0.218. The second-order valence-electron chi connectivity index (χ2n) is 4.58. The zero-order chi connectivity index (χ0) is 14.7. The molecule has 1 aliphatic carbocycles. The predicted octanol–water partition coefficient (Wildman–Crippen LogP) is 1.47. The highest BCUT2D eigenvalue weighted by molar-refractivity contribution is 6.07. The van der Waals surface area contributed by atoms with E-state index in [0.717, 1.165) is 0 Å². The molecular weight excluding hydrogens is 260 g/mol. The van der Waals surface area contributed by atoms with Crippen LogP contribution in [0.5, 0.6) is 0 Å². The molecule has 2 rings (SSSR count). The van der Waals surface area contributed by atoms with Crippen molar-refractivity contribution in [3.05, 3.63) is 35.9 Å². The van der Waals surface area contributed by atoms with Crippen molar-refractivity contribution in [2.24, 2.45) is 17.8 Å². The Morgan fingerprint density at radius 3 is 2.15 bits per heavy atom. The maximum atomic E-state index is 12.3. The SMILES string of the molecule is CCOC(=O)C1C(C(=O)OC)C1C(=O)c1ccccc1. The Morgan fingerprint density at radius 2 is 1.60 bits per heavy atom. The second-order valence-corrected chi connectivity index (χ2v) is 4.58. The molecule has 3 unspecified atom stereocenters. The molecule has 0 N–H and O–H groups in total. The van der Waals surface area contributed by atoms with Crippen molar-refractivity contribution in [3.8, 4) is 0 Å². The summed E-state index contributed by atoms with van der Waals surface area (Å²) in [5.74, 6) is -3.42. The second kappa shape index (κ2) is 5.86. The number of hydrogen-bond donors (Lipinski definition) is 0. The smallest absolute Gasteiger partial charge is 0.310 e. The molecule has 1 aromatic rings. The Bertz CT molecular complexity index is 522. The van der Waals surface area contributed by atoms with E-state index in [0.29, 0.717) is 5.56 Å². The van der Waals surface area contributed by atoms with Gasteiger partial charge in [-0.25, -0.2) is 0 Å². The molecule has 20 heavy (non-hydrogen) atoms. The average Bonchev–Trinajstić information content (AvgIpc) is 3.22. The number of carbonyl (C=O) groups excluding carboxylic acids is 3. The Balaban J connectivity index is 2.19. The van der Waals surface area contributed by atoms with Crippen LogP contribution in [0.2, 0.25) is 0 Å². The van der Waals surface area contributed by atoms with Crippen molar-refractivity contribution in [1.29, 1.82) is 0 Å². The van der Waals surface area contributed by atoms with Crippen LogP contribution in [0.15, 0.2) is 30.3 Å². The standard InChI is InChI=1S/C15H16O5/c1-3-20-15(18)12-10(11(12)14(17)19-2)13(16)9-7-5-4-6-8-9/h4-8,10-12H,3H2,1-2H3. The Kier molecular flexibility index (Phi) is 4.17. The fourth-order valence-electron chi connectivity index (χ4n) is 2.39. The number of benzene rings is 1. The van der Waals surface area contributed by atoms with Crippen LogP contribution in [0.1, 0.15) is 17.3 Å². The van der Waals surface area contributed by atoms with Gasteiger partial charge in [-0.1, -0.05) is 30.3 Å². The maximum absolute atomic E-state index is 12.3. The molecule has 1 aliphatic rings. The number of methoxy groups -OCH3 is 1. The molecule has 5 nitrogen and oxygen atoms in total. The highest BCUT2D eigenvalue weighted by Crippen LogP contribution is 2.49. The van der Waals surface area contributed by atoms with Crippen LogP contribution in [-0.4, -0.2) is 31.4 Å². The summed E-state index contributed by atoms with van der Waals surface area (Å²) in [6.45, 7) is 1.90. The molecule has 3 atom stereocenters. The maximum Gasteiger partial charge on any atom is 0.310 e. The third-order valence-corrected chi connectivity index (χ3v) is 3.41. The molecule has 0 bridgehead atoms. The van der Waals surface area contributed by atoms with Gasteiger partial charge in [-0.2, -0.15) is 0 Å². The number of esters is 2. The highest BCUT2D eigenvalue weighted by Gasteiger charge is 2.64. The number of ketones is 1. The van der Waals surface area contributed by atoms with Gasteiger partial charge in [0, 0.05) is 5.56 Å². The van der Waals surface area contributed by atoms with E-state index in [2.05, 4.69) is 4.74 Å². The van der Waals surface area contributed by atoms with Crippen LogP contribution in [0, 0.1) is 17.8 Å². The Labute approximate surface area is 116 Å². The molecule has 1 fully saturated rings. The molecule has 0 saturated heterocycles. The molecule has 0 spiro atoms. The third kappa shape index (κ3) is 2.57. The molecule has 1 aromatic carbocycles. The molecular formula is C15H16O5. The summed E-state index contributed by atoms with van der Waals surface area (Å²) < 4.78 is 9.56. The summed E-state index contributed by atoms with van der Waals surface area (Å²) in [6, 6.07) is 8.60. The minimum Gasteiger partial charge on any atom is -0.469 e. The summed E-state index contributed by atoms with van der Waals surface area (Å²) in [7, 11) is 1.24. The van der Waals surface area contributed by atoms with Crippen LogP contribution < -0.4 is 0 Å².